The highest BCUT2D eigenvalue weighted by molar-refractivity contribution is 5.76. The fourth-order valence-corrected chi connectivity index (χ4v) is 0.976. The quantitative estimate of drug-likeness (QED) is 0.434. The minimum atomic E-state index is -0.581. The summed E-state index contributed by atoms with van der Waals surface area (Å²) in [4.78, 5) is 22.9. The lowest BCUT2D eigenvalue weighted by Gasteiger charge is -2.26. The number of ether oxygens (including phenoxy) is 2. The first-order valence-electron chi connectivity index (χ1n) is 6.40. The van der Waals surface area contributed by atoms with Crippen molar-refractivity contribution in [3.63, 3.8) is 0 Å². The summed E-state index contributed by atoms with van der Waals surface area (Å²) >= 11 is 0. The highest BCUT2D eigenvalue weighted by atomic mass is 16.7. The van der Waals surface area contributed by atoms with Gasteiger partial charge in [0, 0.05) is 6.54 Å². The number of carbonyl (C=O) groups excluding carboxylic acids is 2. The molecule has 18 heavy (non-hydrogen) atoms. The third kappa shape index (κ3) is 5.89. The Labute approximate surface area is 109 Å². The molecule has 0 aliphatic carbocycles. The third-order valence-electron chi connectivity index (χ3n) is 3.15. The van der Waals surface area contributed by atoms with Gasteiger partial charge in [-0.25, -0.2) is 4.79 Å². The van der Waals surface area contributed by atoms with Gasteiger partial charge in [0.25, 0.3) is 0 Å². The average Bonchev–Trinajstić information content (AvgIpc) is 2.28. The van der Waals surface area contributed by atoms with Gasteiger partial charge in [-0.3, -0.25) is 4.79 Å². The number of nitrogens with one attached hydrogen (secondary N) is 1. The molecule has 0 heterocycles. The number of rotatable bonds is 7. The molecule has 0 rings (SSSR count). The Kier molecular flexibility index (Phi) is 7.39. The standard InChI is InChI=1S/C13H25NO4/c1-6-7-8-14-12(16)18-9-17-11(15)13(4,5)10(2)3/h10H,6-9H2,1-5H3,(H,14,16). The van der Waals surface area contributed by atoms with Crippen LogP contribution in [0.3, 0.4) is 0 Å². The fraction of sp³-hybridized carbons (Fsp3) is 0.846. The number of hydrogen-bond donors (Lipinski definition) is 1. The van der Waals surface area contributed by atoms with Crippen LogP contribution in [0.25, 0.3) is 0 Å². The molecular weight excluding hydrogens is 234 g/mol. The summed E-state index contributed by atoms with van der Waals surface area (Å²) in [5.41, 5.74) is -0.581. The van der Waals surface area contributed by atoms with E-state index in [1.807, 2.05) is 20.8 Å². The van der Waals surface area contributed by atoms with Gasteiger partial charge in [-0.2, -0.15) is 0 Å². The number of hydrogen-bond acceptors (Lipinski definition) is 4. The van der Waals surface area contributed by atoms with E-state index in [2.05, 4.69) is 5.32 Å². The summed E-state index contributed by atoms with van der Waals surface area (Å²) in [5.74, 6) is -0.206. The zero-order chi connectivity index (χ0) is 14.2. The lowest BCUT2D eigenvalue weighted by atomic mass is 9.81. The number of alkyl carbamates (subject to hydrolysis) is 1. The summed E-state index contributed by atoms with van der Waals surface area (Å²) in [6, 6.07) is 0. The molecule has 0 radical (unpaired) electrons. The topological polar surface area (TPSA) is 64.6 Å². The Morgan fingerprint density at radius 2 is 1.83 bits per heavy atom. The number of carbonyl (C=O) groups is 2. The van der Waals surface area contributed by atoms with E-state index in [1.165, 1.54) is 0 Å². The van der Waals surface area contributed by atoms with Gasteiger partial charge in [-0.15, -0.1) is 0 Å². The lowest BCUT2D eigenvalue weighted by Crippen LogP contribution is -2.33. The van der Waals surface area contributed by atoms with Crippen molar-refractivity contribution in [3.8, 4) is 0 Å². The van der Waals surface area contributed by atoms with Crippen molar-refractivity contribution >= 4 is 12.1 Å². The Balaban J connectivity index is 3.84. The van der Waals surface area contributed by atoms with E-state index in [0.29, 0.717) is 6.54 Å². The van der Waals surface area contributed by atoms with E-state index in [4.69, 9.17) is 9.47 Å². The first-order valence-corrected chi connectivity index (χ1v) is 6.40. The molecule has 0 fully saturated rings. The number of esters is 1. The molecule has 106 valence electrons. The highest BCUT2D eigenvalue weighted by Crippen LogP contribution is 2.27. The minimum absolute atomic E-state index is 0.156. The molecule has 0 atom stereocenters. The van der Waals surface area contributed by atoms with E-state index < -0.39 is 11.5 Å². The molecule has 0 unspecified atom stereocenters. The largest absolute Gasteiger partial charge is 0.427 e. The van der Waals surface area contributed by atoms with E-state index in [-0.39, 0.29) is 18.7 Å². The van der Waals surface area contributed by atoms with Crippen LogP contribution >= 0.6 is 0 Å². The Bertz CT molecular complexity index is 274. The molecule has 0 bridgehead atoms. The predicted molar refractivity (Wildman–Crippen MR) is 69.0 cm³/mol. The van der Waals surface area contributed by atoms with Crippen LogP contribution in [0.5, 0.6) is 0 Å². The SMILES string of the molecule is CCCCNC(=O)OCOC(=O)C(C)(C)C(C)C. The smallest absolute Gasteiger partial charge is 0.410 e. The molecule has 1 N–H and O–H groups in total. The predicted octanol–water partition coefficient (Wildman–Crippen LogP) is 2.70. The number of amides is 1. The molecule has 0 spiro atoms. The Morgan fingerprint density at radius 1 is 1.22 bits per heavy atom. The molecule has 0 aromatic carbocycles. The van der Waals surface area contributed by atoms with Crippen molar-refractivity contribution in [3.05, 3.63) is 0 Å². The van der Waals surface area contributed by atoms with E-state index in [1.54, 1.807) is 13.8 Å². The van der Waals surface area contributed by atoms with Gasteiger partial charge < -0.3 is 14.8 Å². The highest BCUT2D eigenvalue weighted by Gasteiger charge is 2.33. The van der Waals surface area contributed by atoms with E-state index in [0.717, 1.165) is 12.8 Å². The van der Waals surface area contributed by atoms with Crippen molar-refractivity contribution in [2.75, 3.05) is 13.3 Å². The van der Waals surface area contributed by atoms with Crippen molar-refractivity contribution in [1.29, 1.82) is 0 Å². The van der Waals surface area contributed by atoms with E-state index >= 15 is 0 Å². The van der Waals surface area contributed by atoms with Crippen LogP contribution in [0.2, 0.25) is 0 Å². The molecular formula is C13H25NO4. The minimum Gasteiger partial charge on any atom is -0.427 e. The summed E-state index contributed by atoms with van der Waals surface area (Å²) in [6.07, 6.45) is 1.34. The van der Waals surface area contributed by atoms with Crippen molar-refractivity contribution < 1.29 is 19.1 Å². The second kappa shape index (κ2) is 7.95. The first kappa shape index (κ1) is 16.7. The van der Waals surface area contributed by atoms with Crippen molar-refractivity contribution in [2.24, 2.45) is 11.3 Å². The second-order valence-corrected chi connectivity index (χ2v) is 5.14. The van der Waals surface area contributed by atoms with Crippen molar-refractivity contribution in [1.82, 2.24) is 5.32 Å². The van der Waals surface area contributed by atoms with Gasteiger partial charge in [0.05, 0.1) is 5.41 Å². The Hall–Kier alpha value is -1.26. The van der Waals surface area contributed by atoms with E-state index in [9.17, 15) is 9.59 Å². The summed E-state index contributed by atoms with van der Waals surface area (Å²) < 4.78 is 9.66. The van der Waals surface area contributed by atoms with Crippen LogP contribution in [-0.2, 0) is 14.3 Å². The summed E-state index contributed by atoms with van der Waals surface area (Å²) in [6.45, 7) is 9.76. The first-order chi connectivity index (χ1) is 8.32. The van der Waals surface area contributed by atoms with Crippen LogP contribution in [0.1, 0.15) is 47.5 Å². The fourth-order valence-electron chi connectivity index (χ4n) is 0.976. The molecule has 0 aliphatic heterocycles. The molecule has 0 saturated carbocycles. The molecule has 0 aromatic rings. The molecule has 5 nitrogen and oxygen atoms in total. The maximum atomic E-state index is 11.7. The molecule has 0 aromatic heterocycles. The van der Waals surface area contributed by atoms with Crippen LogP contribution in [0.4, 0.5) is 4.79 Å². The van der Waals surface area contributed by atoms with Gasteiger partial charge >= 0.3 is 12.1 Å². The zero-order valence-corrected chi connectivity index (χ0v) is 12.0. The van der Waals surface area contributed by atoms with Gasteiger partial charge in [0.2, 0.25) is 6.79 Å². The number of unbranched alkanes of at least 4 members (excludes halogenated alkanes) is 1. The van der Waals surface area contributed by atoms with Crippen LogP contribution in [0, 0.1) is 11.3 Å². The van der Waals surface area contributed by atoms with Gasteiger partial charge in [-0.05, 0) is 26.2 Å². The van der Waals surface area contributed by atoms with Crippen LogP contribution in [-0.4, -0.2) is 25.4 Å². The van der Waals surface area contributed by atoms with Crippen LogP contribution in [0.15, 0.2) is 0 Å². The Morgan fingerprint density at radius 3 is 2.33 bits per heavy atom. The lowest BCUT2D eigenvalue weighted by molar-refractivity contribution is -0.164. The zero-order valence-electron chi connectivity index (χ0n) is 12.0. The monoisotopic (exact) mass is 259 g/mol. The normalized spacial score (nSPS) is 11.2. The van der Waals surface area contributed by atoms with Crippen LogP contribution < -0.4 is 5.32 Å². The average molecular weight is 259 g/mol. The van der Waals surface area contributed by atoms with Crippen molar-refractivity contribution in [2.45, 2.75) is 47.5 Å². The third-order valence-corrected chi connectivity index (χ3v) is 3.15. The van der Waals surface area contributed by atoms with Gasteiger partial charge in [-0.1, -0.05) is 27.2 Å². The summed E-state index contributed by atoms with van der Waals surface area (Å²) in [7, 11) is 0. The maximum Gasteiger partial charge on any atom is 0.410 e. The molecule has 0 aliphatic rings. The van der Waals surface area contributed by atoms with Gasteiger partial charge in [0.15, 0.2) is 0 Å². The second-order valence-electron chi connectivity index (χ2n) is 5.14. The molecule has 1 amide bonds. The maximum absolute atomic E-state index is 11.7. The summed E-state index contributed by atoms with van der Waals surface area (Å²) in [5, 5.41) is 2.57. The molecule has 0 saturated heterocycles. The molecule has 5 heteroatoms. The van der Waals surface area contributed by atoms with Gasteiger partial charge in [0.1, 0.15) is 0 Å².